The highest BCUT2D eigenvalue weighted by atomic mass is 19.4. The molecule has 0 bridgehead atoms. The molecule has 0 radical (unpaired) electrons. The Morgan fingerprint density at radius 2 is 1.73 bits per heavy atom. The number of alkyl halides is 3. The number of imidazole rings is 1. The molecule has 1 heterocycles. The van der Waals surface area contributed by atoms with E-state index in [0.29, 0.717) is 30.0 Å². The summed E-state index contributed by atoms with van der Waals surface area (Å²) < 4.78 is 43.5. The van der Waals surface area contributed by atoms with Crippen LogP contribution in [0.4, 0.5) is 24.5 Å². The molecule has 0 aliphatic heterocycles. The van der Waals surface area contributed by atoms with Gasteiger partial charge in [-0.25, -0.2) is 4.98 Å². The van der Waals surface area contributed by atoms with Crippen molar-refractivity contribution in [2.75, 3.05) is 16.8 Å². The van der Waals surface area contributed by atoms with Gasteiger partial charge < -0.3 is 30.4 Å². The van der Waals surface area contributed by atoms with Crippen LogP contribution in [0.1, 0.15) is 35.1 Å². The topological polar surface area (TPSA) is 147 Å². The smallest absolute Gasteiger partial charge is 0.481 e. The quantitative estimate of drug-likeness (QED) is 0.148. The molecule has 41 heavy (non-hydrogen) atoms. The Bertz CT molecular complexity index is 1570. The molecule has 0 atom stereocenters. The molecule has 0 unspecified atom stereocenters. The van der Waals surface area contributed by atoms with Crippen molar-refractivity contribution in [3.05, 3.63) is 83.7 Å². The van der Waals surface area contributed by atoms with Crippen molar-refractivity contribution in [1.29, 1.82) is 5.41 Å². The maximum atomic E-state index is 13.5. The van der Waals surface area contributed by atoms with Crippen LogP contribution in [0.5, 0.6) is 5.75 Å². The van der Waals surface area contributed by atoms with Gasteiger partial charge in [0.25, 0.3) is 5.91 Å². The van der Waals surface area contributed by atoms with Crippen molar-refractivity contribution >= 4 is 40.1 Å². The molecule has 4 aromatic rings. The van der Waals surface area contributed by atoms with Gasteiger partial charge in [-0.2, -0.15) is 0 Å². The zero-order valence-electron chi connectivity index (χ0n) is 21.9. The molecule has 5 N–H and O–H groups in total. The van der Waals surface area contributed by atoms with Gasteiger partial charge in [-0.15, -0.1) is 13.2 Å². The number of ether oxygens (including phenoxy) is 1. The van der Waals surface area contributed by atoms with Crippen LogP contribution in [0.25, 0.3) is 11.0 Å². The molecule has 0 aliphatic carbocycles. The van der Waals surface area contributed by atoms with Crippen LogP contribution in [0, 0.1) is 5.41 Å². The SMILES string of the molecule is CCn1c(CNc2ccc(C(=N)N)cc2)nc2cc(C(=O)N(CCC(=O)O)c3ccc(OC(F)(F)F)cc3)ccc21. The lowest BCUT2D eigenvalue weighted by Crippen LogP contribution is -2.33. The molecule has 10 nitrogen and oxygen atoms in total. The van der Waals surface area contributed by atoms with E-state index >= 15 is 0 Å². The van der Waals surface area contributed by atoms with Crippen LogP contribution in [-0.4, -0.2) is 45.3 Å². The highest BCUT2D eigenvalue weighted by molar-refractivity contribution is 6.07. The van der Waals surface area contributed by atoms with Crippen molar-refractivity contribution in [2.24, 2.45) is 5.73 Å². The summed E-state index contributed by atoms with van der Waals surface area (Å²) in [4.78, 5) is 30.6. The van der Waals surface area contributed by atoms with Crippen LogP contribution in [0.3, 0.4) is 0 Å². The average molecular weight is 569 g/mol. The molecule has 1 aromatic heterocycles. The number of nitrogens with two attached hydrogens (primary N) is 1. The Morgan fingerprint density at radius 3 is 2.32 bits per heavy atom. The predicted octanol–water partition coefficient (Wildman–Crippen LogP) is 4.97. The van der Waals surface area contributed by atoms with E-state index in [1.807, 2.05) is 11.5 Å². The molecule has 0 spiro atoms. The number of carboxylic acid groups (broad SMARTS) is 1. The number of nitrogens with one attached hydrogen (secondary N) is 2. The Kier molecular flexibility index (Phi) is 8.45. The number of amides is 1. The number of halogens is 3. The summed E-state index contributed by atoms with van der Waals surface area (Å²) in [6.45, 7) is 2.75. The summed E-state index contributed by atoms with van der Waals surface area (Å²) in [6, 6.07) is 16.7. The minimum Gasteiger partial charge on any atom is -0.481 e. The van der Waals surface area contributed by atoms with E-state index in [1.54, 1.807) is 42.5 Å². The van der Waals surface area contributed by atoms with Gasteiger partial charge in [0.05, 0.1) is 24.0 Å². The number of fused-ring (bicyclic) bond motifs is 1. The summed E-state index contributed by atoms with van der Waals surface area (Å²) in [7, 11) is 0. The lowest BCUT2D eigenvalue weighted by Gasteiger charge is -2.23. The highest BCUT2D eigenvalue weighted by Crippen LogP contribution is 2.27. The van der Waals surface area contributed by atoms with E-state index in [1.165, 1.54) is 17.0 Å². The average Bonchev–Trinajstić information content (AvgIpc) is 3.28. The Morgan fingerprint density at radius 1 is 1.07 bits per heavy atom. The van der Waals surface area contributed by atoms with Crippen LogP contribution in [0.2, 0.25) is 0 Å². The number of hydrogen-bond acceptors (Lipinski definition) is 6. The van der Waals surface area contributed by atoms with E-state index in [-0.39, 0.29) is 30.1 Å². The van der Waals surface area contributed by atoms with Gasteiger partial charge in [0, 0.05) is 35.6 Å². The summed E-state index contributed by atoms with van der Waals surface area (Å²) >= 11 is 0. The molecule has 1 amide bonds. The van der Waals surface area contributed by atoms with Crippen LogP contribution >= 0.6 is 0 Å². The Labute approximate surface area is 232 Å². The first-order valence-electron chi connectivity index (χ1n) is 12.5. The number of carboxylic acids is 1. The maximum Gasteiger partial charge on any atom is 0.573 e. The molecule has 4 rings (SSSR count). The third kappa shape index (κ3) is 7.12. The van der Waals surface area contributed by atoms with Crippen LogP contribution in [0.15, 0.2) is 66.7 Å². The van der Waals surface area contributed by atoms with Gasteiger partial charge in [0.1, 0.15) is 17.4 Å². The van der Waals surface area contributed by atoms with Gasteiger partial charge >= 0.3 is 12.3 Å². The second-order valence-electron chi connectivity index (χ2n) is 8.96. The van der Waals surface area contributed by atoms with Crippen molar-refractivity contribution in [2.45, 2.75) is 32.8 Å². The standard InChI is InChI=1S/C28H27F3N6O4/c1-2-36-23-12-5-18(15-22(23)35-24(36)16-34-19-6-3-17(4-7-19)26(32)33)27(40)37(14-13-25(38)39)20-8-10-21(11-9-20)41-28(29,30)31/h3-12,15,34H,2,13-14,16H2,1H3,(H3,32,33)(H,38,39). The normalized spacial score (nSPS) is 11.3. The van der Waals surface area contributed by atoms with Gasteiger partial charge in [0.15, 0.2) is 0 Å². The highest BCUT2D eigenvalue weighted by Gasteiger charge is 2.31. The summed E-state index contributed by atoms with van der Waals surface area (Å²) in [5.41, 5.74) is 8.71. The van der Waals surface area contributed by atoms with E-state index in [9.17, 15) is 27.9 Å². The number of carbonyl (C=O) groups is 2. The van der Waals surface area contributed by atoms with Gasteiger partial charge in [-0.3, -0.25) is 15.0 Å². The molecule has 0 saturated heterocycles. The van der Waals surface area contributed by atoms with Gasteiger partial charge in [-0.05, 0) is 73.7 Å². The summed E-state index contributed by atoms with van der Waals surface area (Å²) in [5, 5.41) is 20.0. The number of hydrogen-bond donors (Lipinski definition) is 4. The van der Waals surface area contributed by atoms with E-state index in [0.717, 1.165) is 23.3 Å². The van der Waals surface area contributed by atoms with E-state index in [4.69, 9.17) is 16.1 Å². The van der Waals surface area contributed by atoms with E-state index in [2.05, 4.69) is 10.1 Å². The van der Waals surface area contributed by atoms with Crippen molar-refractivity contribution in [1.82, 2.24) is 9.55 Å². The first kappa shape index (κ1) is 28.9. The van der Waals surface area contributed by atoms with Gasteiger partial charge in [0.2, 0.25) is 0 Å². The molecule has 0 fully saturated rings. The first-order valence-corrected chi connectivity index (χ1v) is 12.5. The number of nitrogen functional groups attached to an aromatic ring is 1. The predicted molar refractivity (Wildman–Crippen MR) is 147 cm³/mol. The summed E-state index contributed by atoms with van der Waals surface area (Å²) in [6.07, 6.45) is -5.24. The minimum absolute atomic E-state index is 0.0244. The number of benzene rings is 3. The molecule has 0 aliphatic rings. The zero-order valence-corrected chi connectivity index (χ0v) is 21.9. The number of rotatable bonds is 11. The molecular formula is C28H27F3N6O4. The number of amidine groups is 1. The number of nitrogens with zero attached hydrogens (tertiary/aromatic N) is 3. The fourth-order valence-electron chi connectivity index (χ4n) is 4.29. The molecule has 3 aromatic carbocycles. The number of aromatic nitrogens is 2. The molecular weight excluding hydrogens is 541 g/mol. The first-order chi connectivity index (χ1) is 19.4. The number of carbonyl (C=O) groups excluding carboxylic acids is 1. The molecule has 0 saturated carbocycles. The fourth-order valence-corrected chi connectivity index (χ4v) is 4.29. The van der Waals surface area contributed by atoms with Crippen molar-refractivity contribution in [3.8, 4) is 5.75 Å². The van der Waals surface area contributed by atoms with Crippen molar-refractivity contribution < 1.29 is 32.6 Å². The monoisotopic (exact) mass is 568 g/mol. The van der Waals surface area contributed by atoms with Crippen LogP contribution < -0.4 is 20.7 Å². The third-order valence-electron chi connectivity index (χ3n) is 6.21. The minimum atomic E-state index is -4.87. The lowest BCUT2D eigenvalue weighted by molar-refractivity contribution is -0.274. The van der Waals surface area contributed by atoms with Gasteiger partial charge in [-0.1, -0.05) is 0 Å². The largest absolute Gasteiger partial charge is 0.573 e. The van der Waals surface area contributed by atoms with E-state index < -0.39 is 24.0 Å². The lowest BCUT2D eigenvalue weighted by atomic mass is 10.1. The number of aliphatic carboxylic acids is 1. The summed E-state index contributed by atoms with van der Waals surface area (Å²) in [5.74, 6) is -1.44. The number of aryl methyl sites for hydroxylation is 1. The molecule has 13 heteroatoms. The third-order valence-corrected chi connectivity index (χ3v) is 6.21. The molecule has 214 valence electrons. The number of anilines is 2. The Balaban J connectivity index is 1.59. The second-order valence-corrected chi connectivity index (χ2v) is 8.96. The second kappa shape index (κ2) is 12.0. The maximum absolute atomic E-state index is 13.5. The zero-order chi connectivity index (χ0) is 29.7. The Hall–Kier alpha value is -5.07. The van der Waals surface area contributed by atoms with Crippen LogP contribution in [-0.2, 0) is 17.9 Å². The van der Waals surface area contributed by atoms with Crippen molar-refractivity contribution in [3.63, 3.8) is 0 Å². The fraction of sp³-hybridized carbons (Fsp3) is 0.214.